The normalized spacial score (nSPS) is 10.9. The zero-order valence-corrected chi connectivity index (χ0v) is 11.1. The maximum Gasteiger partial charge on any atom is 0.264 e. The Morgan fingerprint density at radius 3 is 2.89 bits per heavy atom. The van der Waals surface area contributed by atoms with Gasteiger partial charge in [-0.05, 0) is 28.7 Å². The first-order valence-corrected chi connectivity index (χ1v) is 6.16. The molecule has 0 aliphatic heterocycles. The molecule has 0 aliphatic carbocycles. The highest BCUT2D eigenvalue weighted by molar-refractivity contribution is 14.1. The number of hydrogen-bond acceptors (Lipinski definition) is 4. The van der Waals surface area contributed by atoms with Crippen molar-refractivity contribution >= 4 is 28.4 Å². The molecule has 18 heavy (non-hydrogen) atoms. The minimum absolute atomic E-state index is 0.193. The van der Waals surface area contributed by atoms with Gasteiger partial charge in [-0.2, -0.15) is 14.6 Å². The molecule has 3 aromatic rings. The van der Waals surface area contributed by atoms with Gasteiger partial charge in [-0.15, -0.1) is 0 Å². The fraction of sp³-hybridized carbons (Fsp3) is 0. The number of aromatic amines is 1. The molecule has 0 unspecified atom stereocenters. The van der Waals surface area contributed by atoms with E-state index in [9.17, 15) is 9.90 Å². The van der Waals surface area contributed by atoms with Gasteiger partial charge >= 0.3 is 0 Å². The molecule has 90 valence electrons. The van der Waals surface area contributed by atoms with Crippen molar-refractivity contribution in [3.63, 3.8) is 0 Å². The molecule has 0 radical (unpaired) electrons. The maximum atomic E-state index is 12.0. The molecular weight excluding hydrogens is 347 g/mol. The fourth-order valence-electron chi connectivity index (χ4n) is 1.76. The van der Waals surface area contributed by atoms with Crippen LogP contribution in [0.2, 0.25) is 0 Å². The Kier molecular flexibility index (Phi) is 2.54. The molecule has 0 amide bonds. The Morgan fingerprint density at radius 1 is 1.33 bits per heavy atom. The SMILES string of the molecule is O=c1[nH]c2ncnn2c(O)c1-c1ccccc1I. The predicted molar refractivity (Wildman–Crippen MR) is 73.4 cm³/mol. The molecule has 2 N–H and O–H groups in total. The van der Waals surface area contributed by atoms with Crippen LogP contribution in [-0.2, 0) is 0 Å². The predicted octanol–water partition coefficient (Wildman–Crippen LogP) is 1.39. The quantitative estimate of drug-likeness (QED) is 0.647. The third-order valence-corrected chi connectivity index (χ3v) is 3.51. The number of nitrogens with zero attached hydrogens (tertiary/aromatic N) is 3. The number of benzene rings is 1. The Balaban J connectivity index is 2.43. The highest BCUT2D eigenvalue weighted by atomic mass is 127. The van der Waals surface area contributed by atoms with Gasteiger partial charge in [0, 0.05) is 9.13 Å². The third-order valence-electron chi connectivity index (χ3n) is 2.57. The van der Waals surface area contributed by atoms with E-state index in [1.54, 1.807) is 6.07 Å². The average molecular weight is 354 g/mol. The van der Waals surface area contributed by atoms with E-state index >= 15 is 0 Å². The number of halogens is 1. The summed E-state index contributed by atoms with van der Waals surface area (Å²) in [5.41, 5.74) is 0.462. The van der Waals surface area contributed by atoms with E-state index in [0.717, 1.165) is 3.57 Å². The molecule has 0 fully saturated rings. The minimum atomic E-state index is -0.392. The highest BCUT2D eigenvalue weighted by Gasteiger charge is 2.16. The largest absolute Gasteiger partial charge is 0.493 e. The van der Waals surface area contributed by atoms with E-state index in [4.69, 9.17) is 0 Å². The van der Waals surface area contributed by atoms with E-state index < -0.39 is 5.56 Å². The van der Waals surface area contributed by atoms with Crippen LogP contribution in [0.15, 0.2) is 35.4 Å². The van der Waals surface area contributed by atoms with E-state index in [1.807, 2.05) is 18.2 Å². The molecule has 3 rings (SSSR count). The topological polar surface area (TPSA) is 83.3 Å². The van der Waals surface area contributed by atoms with Crippen molar-refractivity contribution in [3.05, 3.63) is 44.5 Å². The molecule has 0 saturated carbocycles. The van der Waals surface area contributed by atoms with Crippen molar-refractivity contribution in [2.24, 2.45) is 0 Å². The van der Waals surface area contributed by atoms with Gasteiger partial charge < -0.3 is 5.11 Å². The molecule has 0 bridgehead atoms. The summed E-state index contributed by atoms with van der Waals surface area (Å²) in [7, 11) is 0. The molecule has 0 aliphatic rings. The van der Waals surface area contributed by atoms with Gasteiger partial charge in [-0.3, -0.25) is 9.78 Å². The molecular formula is C11H7IN4O2. The molecule has 2 aromatic heterocycles. The Morgan fingerprint density at radius 2 is 2.11 bits per heavy atom. The monoisotopic (exact) mass is 354 g/mol. The number of H-pyrrole nitrogens is 1. The second kappa shape index (κ2) is 4.09. The van der Waals surface area contributed by atoms with Gasteiger partial charge in [-0.1, -0.05) is 18.2 Å². The molecule has 0 atom stereocenters. The lowest BCUT2D eigenvalue weighted by Gasteiger charge is -2.06. The summed E-state index contributed by atoms with van der Waals surface area (Å²) in [6.45, 7) is 0. The van der Waals surface area contributed by atoms with Gasteiger partial charge in [-0.25, -0.2) is 0 Å². The number of hydrogen-bond donors (Lipinski definition) is 2. The lowest BCUT2D eigenvalue weighted by atomic mass is 10.1. The van der Waals surface area contributed by atoms with Gasteiger partial charge in [0.15, 0.2) is 0 Å². The maximum absolute atomic E-state index is 12.0. The first-order chi connectivity index (χ1) is 8.68. The van der Waals surface area contributed by atoms with Crippen molar-refractivity contribution in [1.82, 2.24) is 19.6 Å². The van der Waals surface area contributed by atoms with E-state index in [2.05, 4.69) is 37.7 Å². The second-order valence-corrected chi connectivity index (χ2v) is 4.79. The van der Waals surface area contributed by atoms with Crippen molar-refractivity contribution in [2.45, 2.75) is 0 Å². The van der Waals surface area contributed by atoms with Crippen molar-refractivity contribution in [2.75, 3.05) is 0 Å². The van der Waals surface area contributed by atoms with Gasteiger partial charge in [0.1, 0.15) is 11.9 Å². The zero-order valence-electron chi connectivity index (χ0n) is 8.96. The Hall–Kier alpha value is -1.90. The Bertz CT molecular complexity index is 793. The first-order valence-electron chi connectivity index (χ1n) is 5.08. The van der Waals surface area contributed by atoms with Gasteiger partial charge in [0.2, 0.25) is 11.7 Å². The summed E-state index contributed by atoms with van der Waals surface area (Å²) < 4.78 is 2.06. The number of rotatable bonds is 1. The summed E-state index contributed by atoms with van der Waals surface area (Å²) >= 11 is 2.11. The second-order valence-electron chi connectivity index (χ2n) is 3.63. The summed E-state index contributed by atoms with van der Waals surface area (Å²) in [5, 5.41) is 14.0. The van der Waals surface area contributed by atoms with Crippen LogP contribution >= 0.6 is 22.6 Å². The van der Waals surface area contributed by atoms with Gasteiger partial charge in [0.25, 0.3) is 5.56 Å². The molecule has 6 nitrogen and oxygen atoms in total. The van der Waals surface area contributed by atoms with Gasteiger partial charge in [0.05, 0.1) is 0 Å². The summed E-state index contributed by atoms with van der Waals surface area (Å²) in [5.74, 6) is 0.00237. The highest BCUT2D eigenvalue weighted by Crippen LogP contribution is 2.28. The van der Waals surface area contributed by atoms with Crippen LogP contribution in [0.3, 0.4) is 0 Å². The number of fused-ring (bicyclic) bond motifs is 1. The van der Waals surface area contributed by atoms with Crippen LogP contribution in [0, 0.1) is 3.57 Å². The average Bonchev–Trinajstić information content (AvgIpc) is 2.79. The standard InChI is InChI=1S/C11H7IN4O2/c12-7-4-2-1-3-6(7)8-9(17)15-11-13-5-14-16(11)10(8)18/h1-5,18H,(H,13,14,15,17). The summed E-state index contributed by atoms with van der Waals surface area (Å²) in [6, 6.07) is 7.31. The van der Waals surface area contributed by atoms with Crippen LogP contribution < -0.4 is 5.56 Å². The number of nitrogens with one attached hydrogen (secondary N) is 1. The van der Waals surface area contributed by atoms with Crippen LogP contribution in [0.25, 0.3) is 16.9 Å². The van der Waals surface area contributed by atoms with E-state index in [-0.39, 0.29) is 17.2 Å². The smallest absolute Gasteiger partial charge is 0.264 e. The van der Waals surface area contributed by atoms with Crippen molar-refractivity contribution in [3.8, 4) is 17.0 Å². The van der Waals surface area contributed by atoms with E-state index in [1.165, 1.54) is 10.8 Å². The number of aromatic hydroxyl groups is 1. The van der Waals surface area contributed by atoms with E-state index in [0.29, 0.717) is 5.56 Å². The lowest BCUT2D eigenvalue weighted by Crippen LogP contribution is -2.13. The fourth-order valence-corrected chi connectivity index (χ4v) is 2.42. The van der Waals surface area contributed by atoms with Crippen LogP contribution in [0.1, 0.15) is 0 Å². The molecule has 7 heteroatoms. The number of aromatic nitrogens is 4. The minimum Gasteiger partial charge on any atom is -0.493 e. The third kappa shape index (κ3) is 1.58. The first kappa shape index (κ1) is 11.2. The molecule has 0 saturated heterocycles. The van der Waals surface area contributed by atoms with Crippen LogP contribution in [0.4, 0.5) is 0 Å². The summed E-state index contributed by atoms with van der Waals surface area (Å²) in [4.78, 5) is 18.4. The van der Waals surface area contributed by atoms with Crippen molar-refractivity contribution in [1.29, 1.82) is 0 Å². The summed E-state index contributed by atoms with van der Waals surface area (Å²) in [6.07, 6.45) is 1.27. The molecule has 1 aromatic carbocycles. The Labute approximate surface area is 114 Å². The van der Waals surface area contributed by atoms with Crippen LogP contribution in [-0.4, -0.2) is 24.7 Å². The molecule has 0 spiro atoms. The van der Waals surface area contributed by atoms with Crippen molar-refractivity contribution < 1.29 is 5.11 Å². The molecule has 2 heterocycles. The lowest BCUT2D eigenvalue weighted by molar-refractivity contribution is 0.436. The zero-order chi connectivity index (χ0) is 12.7. The van der Waals surface area contributed by atoms with Crippen LogP contribution in [0.5, 0.6) is 5.88 Å².